The Morgan fingerprint density at radius 3 is 2.38 bits per heavy atom. The van der Waals surface area contributed by atoms with Crippen LogP contribution in [0.1, 0.15) is 43.7 Å². The minimum atomic E-state index is 0.0698. The van der Waals surface area contributed by atoms with Crippen LogP contribution in [-0.2, 0) is 27.5 Å². The molecule has 214 valence electrons. The van der Waals surface area contributed by atoms with Gasteiger partial charge in [0, 0.05) is 71.3 Å². The number of piperazine rings is 1. The average Bonchev–Trinajstić information content (AvgIpc) is 2.97. The van der Waals surface area contributed by atoms with Gasteiger partial charge in [-0.3, -0.25) is 19.3 Å². The first-order chi connectivity index (χ1) is 19.5. The first kappa shape index (κ1) is 28.1. The van der Waals surface area contributed by atoms with Gasteiger partial charge in [-0.05, 0) is 42.7 Å². The molecule has 2 atom stereocenters. The average molecular weight is 547 g/mol. The van der Waals surface area contributed by atoms with Crippen molar-refractivity contribution >= 4 is 17.7 Å². The number of para-hydroxylation sites is 1. The van der Waals surface area contributed by atoms with Gasteiger partial charge in [0.15, 0.2) is 0 Å². The van der Waals surface area contributed by atoms with Crippen molar-refractivity contribution in [2.75, 3.05) is 52.4 Å². The van der Waals surface area contributed by atoms with Gasteiger partial charge in [0.1, 0.15) is 5.75 Å². The molecule has 0 aromatic heterocycles. The minimum Gasteiger partial charge on any atom is -0.493 e. The van der Waals surface area contributed by atoms with Crippen molar-refractivity contribution < 1.29 is 19.1 Å². The highest BCUT2D eigenvalue weighted by Crippen LogP contribution is 2.32. The van der Waals surface area contributed by atoms with Crippen LogP contribution in [0.5, 0.6) is 5.75 Å². The van der Waals surface area contributed by atoms with Crippen molar-refractivity contribution in [3.63, 3.8) is 0 Å². The Morgan fingerprint density at radius 1 is 0.875 bits per heavy atom. The molecule has 3 amide bonds. The Bertz CT molecular complexity index is 1160. The van der Waals surface area contributed by atoms with Crippen molar-refractivity contribution in [2.45, 2.75) is 45.7 Å². The predicted octanol–water partition coefficient (Wildman–Crippen LogP) is 3.41. The summed E-state index contributed by atoms with van der Waals surface area (Å²) in [5.41, 5.74) is 2.27. The van der Waals surface area contributed by atoms with E-state index in [2.05, 4.69) is 23.1 Å². The van der Waals surface area contributed by atoms with Crippen molar-refractivity contribution in [3.8, 4) is 5.75 Å². The summed E-state index contributed by atoms with van der Waals surface area (Å²) in [6.07, 6.45) is 3.17. The molecule has 0 aliphatic carbocycles. The third-order valence-electron chi connectivity index (χ3n) is 8.71. The lowest BCUT2D eigenvalue weighted by atomic mass is 9.80. The third-order valence-corrected chi connectivity index (χ3v) is 8.71. The quantitative estimate of drug-likeness (QED) is 0.588. The molecule has 0 N–H and O–H groups in total. The molecule has 2 bridgehead atoms. The number of carbonyl (C=O) groups excluding carboxylic acids is 3. The van der Waals surface area contributed by atoms with Crippen LogP contribution < -0.4 is 4.74 Å². The number of fused-ring (bicyclic) bond motifs is 3. The lowest BCUT2D eigenvalue weighted by Gasteiger charge is -2.40. The fourth-order valence-electron chi connectivity index (χ4n) is 6.37. The summed E-state index contributed by atoms with van der Waals surface area (Å²) in [5.74, 6) is 1.80. The number of benzene rings is 2. The van der Waals surface area contributed by atoms with Crippen LogP contribution in [0.3, 0.4) is 0 Å². The molecule has 3 aliphatic heterocycles. The normalized spacial score (nSPS) is 22.8. The maximum Gasteiger partial charge on any atom is 0.236 e. The number of nitrogens with zero attached hydrogens (tertiary/aromatic N) is 4. The topological polar surface area (TPSA) is 73.4 Å². The molecule has 2 aromatic carbocycles. The van der Waals surface area contributed by atoms with E-state index in [-0.39, 0.29) is 29.6 Å². The molecule has 8 nitrogen and oxygen atoms in total. The Balaban J connectivity index is 1.28. The van der Waals surface area contributed by atoms with Gasteiger partial charge in [0.25, 0.3) is 0 Å². The van der Waals surface area contributed by atoms with Crippen molar-refractivity contribution in [2.24, 2.45) is 11.8 Å². The highest BCUT2D eigenvalue weighted by molar-refractivity contribution is 5.79. The second kappa shape index (κ2) is 13.3. The van der Waals surface area contributed by atoms with Gasteiger partial charge >= 0.3 is 0 Å². The van der Waals surface area contributed by atoms with Crippen molar-refractivity contribution in [1.29, 1.82) is 0 Å². The van der Waals surface area contributed by atoms with E-state index in [0.29, 0.717) is 71.9 Å². The molecule has 0 saturated carbocycles. The van der Waals surface area contributed by atoms with Crippen LogP contribution in [0, 0.1) is 11.8 Å². The molecule has 5 rings (SSSR count). The minimum absolute atomic E-state index is 0.0698. The molecule has 0 unspecified atom stereocenters. The maximum absolute atomic E-state index is 13.6. The van der Waals surface area contributed by atoms with E-state index in [1.807, 2.05) is 51.1 Å². The predicted molar refractivity (Wildman–Crippen MR) is 153 cm³/mol. The molecule has 40 heavy (non-hydrogen) atoms. The summed E-state index contributed by atoms with van der Waals surface area (Å²) in [6.45, 7) is 7.68. The van der Waals surface area contributed by atoms with E-state index in [1.54, 1.807) is 6.92 Å². The lowest BCUT2D eigenvalue weighted by Crippen LogP contribution is -2.51. The van der Waals surface area contributed by atoms with Gasteiger partial charge in [0.05, 0.1) is 13.2 Å². The second-order valence-electron chi connectivity index (χ2n) is 11.5. The van der Waals surface area contributed by atoms with Gasteiger partial charge in [0.2, 0.25) is 17.7 Å². The zero-order valence-corrected chi connectivity index (χ0v) is 23.7. The maximum atomic E-state index is 13.6. The molecule has 0 spiro atoms. The number of amides is 3. The monoisotopic (exact) mass is 546 g/mol. The highest BCUT2D eigenvalue weighted by atomic mass is 16.5. The Labute approximate surface area is 237 Å². The summed E-state index contributed by atoms with van der Waals surface area (Å²) in [5, 5.41) is 0. The molecule has 8 heteroatoms. The largest absolute Gasteiger partial charge is 0.493 e. The summed E-state index contributed by atoms with van der Waals surface area (Å²) < 4.78 is 6.27. The van der Waals surface area contributed by atoms with Crippen LogP contribution in [0.15, 0.2) is 54.6 Å². The van der Waals surface area contributed by atoms with E-state index >= 15 is 0 Å². The SMILES string of the molecule is CC(=O)N1CCN(C(=O)C[C@@H]2CCN3C[C@@H]2CCCOc2ccccc2CN(Cc2ccccc2)CC3=O)CC1. The molecule has 2 fully saturated rings. The zero-order valence-electron chi connectivity index (χ0n) is 23.7. The fourth-order valence-corrected chi connectivity index (χ4v) is 6.37. The van der Waals surface area contributed by atoms with Gasteiger partial charge in [-0.2, -0.15) is 0 Å². The standard InChI is InChI=1S/C32H42N4O4/c1-25(37)34-15-17-35(18-16-34)31(38)20-27-13-14-36-23-28(27)11-7-19-40-30-12-6-5-10-29(30)22-33(24-32(36)39)21-26-8-3-2-4-9-26/h2-6,8-10,12,27-28H,7,11,13-24H2,1H3/t27-,28-/m0/s1. The van der Waals surface area contributed by atoms with Crippen LogP contribution in [-0.4, -0.2) is 89.7 Å². The molecule has 2 aromatic rings. The van der Waals surface area contributed by atoms with E-state index in [9.17, 15) is 14.4 Å². The third kappa shape index (κ3) is 7.22. The van der Waals surface area contributed by atoms with E-state index in [1.165, 1.54) is 5.56 Å². The van der Waals surface area contributed by atoms with Crippen molar-refractivity contribution in [3.05, 3.63) is 65.7 Å². The van der Waals surface area contributed by atoms with Gasteiger partial charge < -0.3 is 19.4 Å². The Kier molecular flexibility index (Phi) is 9.37. The van der Waals surface area contributed by atoms with E-state index in [4.69, 9.17) is 4.74 Å². The van der Waals surface area contributed by atoms with Gasteiger partial charge in [-0.25, -0.2) is 0 Å². The fraction of sp³-hybridized carbons (Fsp3) is 0.531. The number of hydrogen-bond donors (Lipinski definition) is 0. The smallest absolute Gasteiger partial charge is 0.236 e. The molecule has 0 radical (unpaired) electrons. The second-order valence-corrected chi connectivity index (χ2v) is 11.5. The molecule has 2 saturated heterocycles. The number of ether oxygens (including phenoxy) is 1. The van der Waals surface area contributed by atoms with E-state index < -0.39 is 0 Å². The van der Waals surface area contributed by atoms with E-state index in [0.717, 1.165) is 30.6 Å². The molecular weight excluding hydrogens is 504 g/mol. The Hall–Kier alpha value is -3.39. The first-order valence-corrected chi connectivity index (χ1v) is 14.7. The number of hydrogen-bond acceptors (Lipinski definition) is 5. The molecule has 3 heterocycles. The molecular formula is C32H42N4O4. The van der Waals surface area contributed by atoms with Crippen LogP contribution in [0.4, 0.5) is 0 Å². The first-order valence-electron chi connectivity index (χ1n) is 14.7. The number of piperidine rings is 1. The highest BCUT2D eigenvalue weighted by Gasteiger charge is 2.34. The lowest BCUT2D eigenvalue weighted by molar-refractivity contribution is -0.140. The number of rotatable bonds is 4. The zero-order chi connectivity index (χ0) is 27.9. The number of carbonyl (C=O) groups is 3. The summed E-state index contributed by atoms with van der Waals surface area (Å²) in [6, 6.07) is 18.4. The van der Waals surface area contributed by atoms with Crippen molar-refractivity contribution in [1.82, 2.24) is 19.6 Å². The summed E-state index contributed by atoms with van der Waals surface area (Å²) in [4.78, 5) is 46.5. The summed E-state index contributed by atoms with van der Waals surface area (Å²) >= 11 is 0. The molecule has 3 aliphatic rings. The summed E-state index contributed by atoms with van der Waals surface area (Å²) in [7, 11) is 0. The Morgan fingerprint density at radius 2 is 1.60 bits per heavy atom. The van der Waals surface area contributed by atoms with Crippen LogP contribution in [0.2, 0.25) is 0 Å². The van der Waals surface area contributed by atoms with Gasteiger partial charge in [-0.1, -0.05) is 48.5 Å². The van der Waals surface area contributed by atoms with Crippen LogP contribution >= 0.6 is 0 Å². The van der Waals surface area contributed by atoms with Gasteiger partial charge in [-0.15, -0.1) is 0 Å². The van der Waals surface area contributed by atoms with Crippen LogP contribution in [0.25, 0.3) is 0 Å².